The number of carbonyl (C=O) groups is 1. The lowest BCUT2D eigenvalue weighted by atomic mass is 9.90. The SMILES string of the molecule is CN(C)c1nc(NC2CCC(NC(=O)C(C)(C)Oc3ccc(Cl)cc3)CC2)nc2ccccc12. The number of amides is 1. The molecule has 0 aliphatic heterocycles. The number of halogens is 1. The van der Waals surface area contributed by atoms with Crippen LogP contribution in [0.15, 0.2) is 48.5 Å². The number of benzene rings is 2. The van der Waals surface area contributed by atoms with E-state index in [1.165, 1.54) is 0 Å². The van der Waals surface area contributed by atoms with Crippen LogP contribution in [0.2, 0.25) is 5.02 Å². The molecule has 7 nitrogen and oxygen atoms in total. The van der Waals surface area contributed by atoms with Crippen molar-refractivity contribution >= 4 is 40.2 Å². The van der Waals surface area contributed by atoms with Crippen molar-refractivity contribution in [2.45, 2.75) is 57.2 Å². The van der Waals surface area contributed by atoms with E-state index >= 15 is 0 Å². The molecule has 0 unspecified atom stereocenters. The topological polar surface area (TPSA) is 79.4 Å². The van der Waals surface area contributed by atoms with Gasteiger partial charge in [0, 0.05) is 36.6 Å². The van der Waals surface area contributed by atoms with E-state index in [1.807, 2.05) is 43.3 Å². The summed E-state index contributed by atoms with van der Waals surface area (Å²) in [6, 6.07) is 15.5. The van der Waals surface area contributed by atoms with Crippen LogP contribution in [-0.4, -0.2) is 47.7 Å². The van der Waals surface area contributed by atoms with Gasteiger partial charge in [-0.2, -0.15) is 4.98 Å². The number of ether oxygens (including phenoxy) is 1. The fourth-order valence-electron chi connectivity index (χ4n) is 4.23. The van der Waals surface area contributed by atoms with Gasteiger partial charge in [0.05, 0.1) is 5.52 Å². The fourth-order valence-corrected chi connectivity index (χ4v) is 4.36. The molecule has 0 bridgehead atoms. The second kappa shape index (κ2) is 10.1. The second-order valence-corrected chi connectivity index (χ2v) is 9.95. The molecule has 0 spiro atoms. The Bertz CT molecular complexity index is 1140. The standard InChI is InChI=1S/C26H32ClN5O2/c1-26(2,34-20-15-9-17(27)10-16-20)24(33)28-18-11-13-19(14-12-18)29-25-30-22-8-6-5-7-21(22)23(31-25)32(3)4/h5-10,15-16,18-19H,11-14H2,1-4H3,(H,28,33)(H,29,30,31). The molecule has 0 saturated heterocycles. The van der Waals surface area contributed by atoms with Gasteiger partial charge in [0.25, 0.3) is 5.91 Å². The van der Waals surface area contributed by atoms with Crippen LogP contribution in [-0.2, 0) is 4.79 Å². The number of fused-ring (bicyclic) bond motifs is 1. The van der Waals surface area contributed by atoms with E-state index in [9.17, 15) is 4.79 Å². The number of rotatable bonds is 7. The molecule has 4 rings (SSSR count). The van der Waals surface area contributed by atoms with E-state index < -0.39 is 5.60 Å². The maximum Gasteiger partial charge on any atom is 0.263 e. The predicted molar refractivity (Wildman–Crippen MR) is 138 cm³/mol. The van der Waals surface area contributed by atoms with Crippen LogP contribution in [0.4, 0.5) is 11.8 Å². The summed E-state index contributed by atoms with van der Waals surface area (Å²) in [5.74, 6) is 2.04. The summed E-state index contributed by atoms with van der Waals surface area (Å²) >= 11 is 5.93. The van der Waals surface area contributed by atoms with Crippen molar-refractivity contribution in [3.05, 3.63) is 53.6 Å². The maximum atomic E-state index is 12.9. The van der Waals surface area contributed by atoms with Gasteiger partial charge in [-0.1, -0.05) is 23.7 Å². The highest BCUT2D eigenvalue weighted by Crippen LogP contribution is 2.27. The lowest BCUT2D eigenvalue weighted by molar-refractivity contribution is -0.135. The monoisotopic (exact) mass is 481 g/mol. The molecule has 180 valence electrons. The van der Waals surface area contributed by atoms with Crippen LogP contribution in [0.3, 0.4) is 0 Å². The van der Waals surface area contributed by atoms with Gasteiger partial charge in [0.2, 0.25) is 5.95 Å². The van der Waals surface area contributed by atoms with Crippen LogP contribution in [0.1, 0.15) is 39.5 Å². The number of nitrogens with zero attached hydrogens (tertiary/aromatic N) is 3. The summed E-state index contributed by atoms with van der Waals surface area (Å²) in [4.78, 5) is 24.4. The summed E-state index contributed by atoms with van der Waals surface area (Å²) in [5, 5.41) is 8.35. The number of aromatic nitrogens is 2. The molecule has 1 saturated carbocycles. The van der Waals surface area contributed by atoms with Gasteiger partial charge < -0.3 is 20.3 Å². The van der Waals surface area contributed by atoms with E-state index in [1.54, 1.807) is 38.1 Å². The molecule has 1 heterocycles. The van der Waals surface area contributed by atoms with Gasteiger partial charge in [-0.25, -0.2) is 4.98 Å². The van der Waals surface area contributed by atoms with Crippen molar-refractivity contribution in [1.29, 1.82) is 0 Å². The predicted octanol–water partition coefficient (Wildman–Crippen LogP) is 5.05. The molecule has 3 aromatic rings. The zero-order valence-corrected chi connectivity index (χ0v) is 20.9. The smallest absolute Gasteiger partial charge is 0.263 e. The molecule has 1 fully saturated rings. The molecule has 1 aromatic heterocycles. The zero-order valence-electron chi connectivity index (χ0n) is 20.1. The Morgan fingerprint density at radius 2 is 1.65 bits per heavy atom. The largest absolute Gasteiger partial charge is 0.478 e. The minimum Gasteiger partial charge on any atom is -0.478 e. The molecule has 34 heavy (non-hydrogen) atoms. The molecule has 1 aliphatic rings. The normalized spacial score (nSPS) is 18.4. The summed E-state index contributed by atoms with van der Waals surface area (Å²) < 4.78 is 5.92. The molecule has 2 aromatic carbocycles. The van der Waals surface area contributed by atoms with Crippen LogP contribution >= 0.6 is 11.6 Å². The van der Waals surface area contributed by atoms with Crippen molar-refractivity contribution in [3.63, 3.8) is 0 Å². The number of para-hydroxylation sites is 1. The van der Waals surface area contributed by atoms with Crippen molar-refractivity contribution < 1.29 is 9.53 Å². The maximum absolute atomic E-state index is 12.9. The van der Waals surface area contributed by atoms with E-state index in [-0.39, 0.29) is 18.0 Å². The van der Waals surface area contributed by atoms with Crippen LogP contribution in [0.25, 0.3) is 10.9 Å². The van der Waals surface area contributed by atoms with Crippen molar-refractivity contribution in [2.75, 3.05) is 24.3 Å². The van der Waals surface area contributed by atoms with E-state index in [0.717, 1.165) is 42.4 Å². The Labute approximate surface area is 205 Å². The first-order chi connectivity index (χ1) is 16.2. The molecular weight excluding hydrogens is 450 g/mol. The van der Waals surface area contributed by atoms with Crippen LogP contribution in [0, 0.1) is 0 Å². The van der Waals surface area contributed by atoms with E-state index in [0.29, 0.717) is 16.7 Å². The lowest BCUT2D eigenvalue weighted by Crippen LogP contribution is -2.51. The molecule has 8 heteroatoms. The Hall–Kier alpha value is -3.06. The Morgan fingerprint density at radius 1 is 1.00 bits per heavy atom. The minimum atomic E-state index is -0.982. The quantitative estimate of drug-likeness (QED) is 0.491. The van der Waals surface area contributed by atoms with Crippen LogP contribution < -0.4 is 20.3 Å². The Balaban J connectivity index is 1.33. The minimum absolute atomic E-state index is 0.118. The summed E-state index contributed by atoms with van der Waals surface area (Å²) in [5.41, 5.74) is -0.0580. The van der Waals surface area contributed by atoms with Crippen molar-refractivity contribution in [2.24, 2.45) is 0 Å². The Morgan fingerprint density at radius 3 is 2.32 bits per heavy atom. The number of nitrogens with one attached hydrogen (secondary N) is 2. The van der Waals surface area contributed by atoms with Crippen molar-refractivity contribution in [1.82, 2.24) is 15.3 Å². The molecule has 1 aliphatic carbocycles. The van der Waals surface area contributed by atoms with Gasteiger partial charge >= 0.3 is 0 Å². The average Bonchev–Trinajstić information content (AvgIpc) is 2.81. The third kappa shape index (κ3) is 5.70. The molecule has 1 amide bonds. The number of hydrogen-bond acceptors (Lipinski definition) is 6. The highest BCUT2D eigenvalue weighted by atomic mass is 35.5. The highest BCUT2D eigenvalue weighted by Gasteiger charge is 2.33. The molecule has 0 atom stereocenters. The highest BCUT2D eigenvalue weighted by molar-refractivity contribution is 6.30. The fraction of sp³-hybridized carbons (Fsp3) is 0.423. The van der Waals surface area contributed by atoms with Gasteiger partial charge in [0.1, 0.15) is 11.6 Å². The Kier molecular flexibility index (Phi) is 7.12. The molecule has 2 N–H and O–H groups in total. The second-order valence-electron chi connectivity index (χ2n) is 9.52. The van der Waals surface area contributed by atoms with Gasteiger partial charge in [-0.15, -0.1) is 0 Å². The van der Waals surface area contributed by atoms with E-state index in [4.69, 9.17) is 26.3 Å². The number of anilines is 2. The summed E-state index contributed by atoms with van der Waals surface area (Å²) in [6.07, 6.45) is 3.62. The zero-order chi connectivity index (χ0) is 24.3. The van der Waals surface area contributed by atoms with Gasteiger partial charge in [0.15, 0.2) is 5.60 Å². The first-order valence-electron chi connectivity index (χ1n) is 11.7. The number of hydrogen-bond donors (Lipinski definition) is 2. The number of carbonyl (C=O) groups excluding carboxylic acids is 1. The third-order valence-electron chi connectivity index (χ3n) is 6.14. The molecular formula is C26H32ClN5O2. The van der Waals surface area contributed by atoms with Gasteiger partial charge in [-0.05, 0) is 75.9 Å². The lowest BCUT2D eigenvalue weighted by Gasteiger charge is -2.33. The summed E-state index contributed by atoms with van der Waals surface area (Å²) in [6.45, 7) is 3.56. The first-order valence-corrected chi connectivity index (χ1v) is 12.1. The summed E-state index contributed by atoms with van der Waals surface area (Å²) in [7, 11) is 3.98. The first kappa shape index (κ1) is 24.1. The van der Waals surface area contributed by atoms with Crippen LogP contribution in [0.5, 0.6) is 5.75 Å². The van der Waals surface area contributed by atoms with E-state index in [2.05, 4.69) is 10.6 Å². The third-order valence-corrected chi connectivity index (χ3v) is 6.39. The van der Waals surface area contributed by atoms with Crippen molar-refractivity contribution in [3.8, 4) is 5.75 Å². The van der Waals surface area contributed by atoms with Gasteiger partial charge in [-0.3, -0.25) is 4.79 Å². The molecule has 0 radical (unpaired) electrons. The average molecular weight is 482 g/mol.